The van der Waals surface area contributed by atoms with Crippen molar-refractivity contribution in [2.45, 2.75) is 58.4 Å². The molecule has 200 valence electrons. The molecule has 1 aliphatic rings. The first-order chi connectivity index (χ1) is 17.5. The van der Waals surface area contributed by atoms with Crippen molar-refractivity contribution in [1.82, 2.24) is 15.1 Å². The van der Waals surface area contributed by atoms with Crippen molar-refractivity contribution in [3.05, 3.63) is 48.7 Å². The van der Waals surface area contributed by atoms with Gasteiger partial charge in [-0.2, -0.15) is 18.3 Å². The first-order valence-electron chi connectivity index (χ1n) is 12.6. The van der Waals surface area contributed by atoms with Gasteiger partial charge in [0.05, 0.1) is 11.4 Å². The Labute approximate surface area is 215 Å². The quantitative estimate of drug-likeness (QED) is 0.351. The van der Waals surface area contributed by atoms with Gasteiger partial charge in [-0.05, 0) is 82.5 Å². The molecule has 1 aromatic heterocycles. The van der Waals surface area contributed by atoms with Crippen LogP contribution in [0, 0.1) is 5.92 Å². The van der Waals surface area contributed by atoms with Gasteiger partial charge in [0.1, 0.15) is 5.60 Å². The van der Waals surface area contributed by atoms with E-state index in [9.17, 15) is 18.0 Å². The smallest absolute Gasteiger partial charge is 0.407 e. The number of aryl methyl sites for hydroxylation is 1. The minimum absolute atomic E-state index is 0.136. The number of rotatable bonds is 7. The fourth-order valence-electron chi connectivity index (χ4n) is 4.40. The molecule has 37 heavy (non-hydrogen) atoms. The molecule has 10 heteroatoms. The van der Waals surface area contributed by atoms with Crippen LogP contribution < -0.4 is 15.5 Å². The summed E-state index contributed by atoms with van der Waals surface area (Å²) in [4.78, 5) is 13.7. The van der Waals surface area contributed by atoms with E-state index in [1.54, 1.807) is 0 Å². The Morgan fingerprint density at radius 1 is 1.05 bits per heavy atom. The minimum atomic E-state index is -4.10. The van der Waals surface area contributed by atoms with Crippen LogP contribution in [-0.4, -0.2) is 47.3 Å². The summed E-state index contributed by atoms with van der Waals surface area (Å²) < 4.78 is 45.9. The van der Waals surface area contributed by atoms with E-state index in [0.29, 0.717) is 26.2 Å². The lowest BCUT2D eigenvalue weighted by Gasteiger charge is -2.34. The van der Waals surface area contributed by atoms with Crippen molar-refractivity contribution in [2.24, 2.45) is 5.92 Å². The Kier molecular flexibility index (Phi) is 7.85. The molecule has 0 atom stereocenters. The molecule has 0 saturated carbocycles. The molecule has 1 fully saturated rings. The number of fused-ring (bicyclic) bond motifs is 1. The highest BCUT2D eigenvalue weighted by Gasteiger charge is 2.41. The van der Waals surface area contributed by atoms with E-state index in [4.69, 9.17) is 4.74 Å². The van der Waals surface area contributed by atoms with E-state index in [-0.39, 0.29) is 12.8 Å². The van der Waals surface area contributed by atoms with E-state index >= 15 is 0 Å². The highest BCUT2D eigenvalue weighted by atomic mass is 19.4. The molecular weight excluding hydrogens is 483 g/mol. The third-order valence-corrected chi connectivity index (χ3v) is 6.26. The summed E-state index contributed by atoms with van der Waals surface area (Å²) in [5, 5.41) is 11.7. The number of amides is 1. The number of alkyl carbamates (subject to hydrolysis) is 1. The molecule has 2 heterocycles. The lowest BCUT2D eigenvalue weighted by Crippen LogP contribution is -2.38. The number of carbonyl (C=O) groups is 1. The molecule has 0 spiro atoms. The van der Waals surface area contributed by atoms with Crippen LogP contribution in [0.5, 0.6) is 0 Å². The van der Waals surface area contributed by atoms with Gasteiger partial charge < -0.3 is 20.3 Å². The maximum Gasteiger partial charge on any atom is 0.407 e. The van der Waals surface area contributed by atoms with Crippen molar-refractivity contribution < 1.29 is 22.7 Å². The van der Waals surface area contributed by atoms with Gasteiger partial charge in [0.25, 0.3) is 0 Å². The minimum Gasteiger partial charge on any atom is -0.444 e. The average Bonchev–Trinajstić information content (AvgIpc) is 3.23. The Bertz CT molecular complexity index is 1190. The summed E-state index contributed by atoms with van der Waals surface area (Å²) in [6.45, 7) is 7.46. The van der Waals surface area contributed by atoms with Crippen LogP contribution in [0.3, 0.4) is 0 Å². The lowest BCUT2D eigenvalue weighted by molar-refractivity contribution is -0.179. The molecule has 4 rings (SSSR count). The van der Waals surface area contributed by atoms with Crippen LogP contribution in [0.25, 0.3) is 10.9 Å². The Hall–Kier alpha value is -3.43. The predicted octanol–water partition coefficient (Wildman–Crippen LogP) is 6.47. The van der Waals surface area contributed by atoms with Crippen LogP contribution in [0.15, 0.2) is 48.7 Å². The van der Waals surface area contributed by atoms with Gasteiger partial charge >= 0.3 is 12.3 Å². The van der Waals surface area contributed by atoms with Gasteiger partial charge in [0, 0.05) is 54.8 Å². The van der Waals surface area contributed by atoms with Crippen LogP contribution >= 0.6 is 0 Å². The number of nitrogens with one attached hydrogen (secondary N) is 2. The normalized spacial score (nSPS) is 15.1. The van der Waals surface area contributed by atoms with Gasteiger partial charge in [-0.3, -0.25) is 4.68 Å². The molecular formula is C27H34F3N5O2. The summed E-state index contributed by atoms with van der Waals surface area (Å²) in [5.41, 5.74) is 3.10. The van der Waals surface area contributed by atoms with Gasteiger partial charge in [-0.1, -0.05) is 0 Å². The predicted molar refractivity (Wildman–Crippen MR) is 139 cm³/mol. The van der Waals surface area contributed by atoms with Gasteiger partial charge in [0.15, 0.2) is 0 Å². The van der Waals surface area contributed by atoms with E-state index in [0.717, 1.165) is 34.4 Å². The second-order valence-electron chi connectivity index (χ2n) is 10.4. The van der Waals surface area contributed by atoms with Crippen LogP contribution in [-0.2, 0) is 11.3 Å². The largest absolute Gasteiger partial charge is 0.444 e. The second kappa shape index (κ2) is 10.9. The monoisotopic (exact) mass is 517 g/mol. The highest BCUT2D eigenvalue weighted by Crippen LogP contribution is 2.35. The molecule has 2 aromatic carbocycles. The molecule has 0 unspecified atom stereocenters. The van der Waals surface area contributed by atoms with Crippen molar-refractivity contribution in [3.8, 4) is 0 Å². The number of halogens is 3. The van der Waals surface area contributed by atoms with Gasteiger partial charge in [-0.25, -0.2) is 4.79 Å². The summed E-state index contributed by atoms with van der Waals surface area (Å²) in [6, 6.07) is 13.7. The molecule has 1 saturated heterocycles. The van der Waals surface area contributed by atoms with Gasteiger partial charge in [0.2, 0.25) is 0 Å². The summed E-state index contributed by atoms with van der Waals surface area (Å²) >= 11 is 0. The number of hydrogen-bond donors (Lipinski definition) is 2. The third-order valence-electron chi connectivity index (χ3n) is 6.26. The second-order valence-corrected chi connectivity index (χ2v) is 10.4. The molecule has 0 radical (unpaired) electrons. The zero-order chi connectivity index (χ0) is 26.6. The fourth-order valence-corrected chi connectivity index (χ4v) is 4.40. The number of alkyl halides is 3. The number of benzene rings is 2. The zero-order valence-electron chi connectivity index (χ0n) is 21.4. The number of nitrogens with zero attached hydrogens (tertiary/aromatic N) is 3. The van der Waals surface area contributed by atoms with E-state index < -0.39 is 23.8 Å². The van der Waals surface area contributed by atoms with E-state index in [1.807, 2.05) is 79.0 Å². The third kappa shape index (κ3) is 7.53. The first-order valence-corrected chi connectivity index (χ1v) is 12.6. The maximum absolute atomic E-state index is 12.9. The Morgan fingerprint density at radius 2 is 1.73 bits per heavy atom. The summed E-state index contributed by atoms with van der Waals surface area (Å²) in [7, 11) is 0. The number of anilines is 3. The van der Waals surface area contributed by atoms with Crippen LogP contribution in [0.1, 0.15) is 40.0 Å². The van der Waals surface area contributed by atoms with Crippen molar-refractivity contribution in [3.63, 3.8) is 0 Å². The SMILES string of the molecule is CC(C)(C)OC(=O)NCCCn1cc2cc(Nc3ccc(N4CCC(C(F)(F)F)CC4)cc3)ccc2n1. The lowest BCUT2D eigenvalue weighted by atomic mass is 9.96. The molecule has 1 aliphatic heterocycles. The number of hydrogen-bond acceptors (Lipinski definition) is 5. The number of aromatic nitrogens is 2. The Balaban J connectivity index is 1.28. The molecule has 2 N–H and O–H groups in total. The van der Waals surface area contributed by atoms with Crippen molar-refractivity contribution in [2.75, 3.05) is 29.9 Å². The summed E-state index contributed by atoms with van der Waals surface area (Å²) in [6.07, 6.45) is -1.56. The first kappa shape index (κ1) is 26.6. The highest BCUT2D eigenvalue weighted by molar-refractivity contribution is 5.83. The van der Waals surface area contributed by atoms with Crippen molar-refractivity contribution in [1.29, 1.82) is 0 Å². The number of piperidine rings is 1. The standard InChI is InChI=1S/C27H34F3N5O2/c1-26(2,3)37-25(36)31-13-4-14-35-18-19-17-22(7-10-24(19)33-35)32-21-5-8-23(9-6-21)34-15-11-20(12-16-34)27(28,29)30/h5-10,17-18,20,32H,4,11-16H2,1-3H3,(H,31,36). The van der Waals surface area contributed by atoms with Crippen LogP contribution in [0.2, 0.25) is 0 Å². The Morgan fingerprint density at radius 3 is 2.38 bits per heavy atom. The van der Waals surface area contributed by atoms with Gasteiger partial charge in [-0.15, -0.1) is 0 Å². The fraction of sp³-hybridized carbons (Fsp3) is 0.481. The molecule has 1 amide bonds. The molecule has 0 aliphatic carbocycles. The summed E-state index contributed by atoms with van der Waals surface area (Å²) in [5.74, 6) is -1.20. The number of ether oxygens (including phenoxy) is 1. The van der Waals surface area contributed by atoms with E-state index in [1.165, 1.54) is 0 Å². The van der Waals surface area contributed by atoms with Crippen molar-refractivity contribution >= 4 is 34.1 Å². The molecule has 0 bridgehead atoms. The number of carbonyl (C=O) groups excluding carboxylic acids is 1. The zero-order valence-corrected chi connectivity index (χ0v) is 21.4. The maximum atomic E-state index is 12.9. The average molecular weight is 518 g/mol. The topological polar surface area (TPSA) is 71.4 Å². The van der Waals surface area contributed by atoms with Crippen LogP contribution in [0.4, 0.5) is 35.0 Å². The molecule has 7 nitrogen and oxygen atoms in total. The molecule has 3 aromatic rings. The van der Waals surface area contributed by atoms with E-state index in [2.05, 4.69) is 15.7 Å².